The van der Waals surface area contributed by atoms with Gasteiger partial charge in [-0.2, -0.15) is 0 Å². The smallest absolute Gasteiger partial charge is 0.315 e. The van der Waals surface area contributed by atoms with Gasteiger partial charge in [-0.15, -0.1) is 0 Å². The molecule has 0 rings (SSSR count). The summed E-state index contributed by atoms with van der Waals surface area (Å²) < 4.78 is 0. The van der Waals surface area contributed by atoms with Crippen molar-refractivity contribution in [2.45, 2.75) is 72.4 Å². The van der Waals surface area contributed by atoms with E-state index >= 15 is 0 Å². The van der Waals surface area contributed by atoms with Crippen LogP contribution in [0.4, 0.5) is 4.79 Å². The first-order chi connectivity index (χ1) is 7.20. The summed E-state index contributed by atoms with van der Waals surface area (Å²) in [7, 11) is 0. The van der Waals surface area contributed by atoms with Crippen LogP contribution in [0.15, 0.2) is 0 Å². The first kappa shape index (κ1) is 15.3. The van der Waals surface area contributed by atoms with Gasteiger partial charge in [-0.1, -0.05) is 26.7 Å². The fourth-order valence-corrected chi connectivity index (χ4v) is 1.50. The van der Waals surface area contributed by atoms with Crippen LogP contribution < -0.4 is 10.6 Å². The number of rotatable bonds is 5. The van der Waals surface area contributed by atoms with Crippen molar-refractivity contribution in [2.75, 3.05) is 0 Å². The van der Waals surface area contributed by atoms with Gasteiger partial charge < -0.3 is 10.6 Å². The molecule has 3 heteroatoms. The number of amides is 2. The van der Waals surface area contributed by atoms with Gasteiger partial charge in [0, 0.05) is 11.6 Å². The quantitative estimate of drug-likeness (QED) is 0.745. The zero-order valence-corrected chi connectivity index (χ0v) is 11.7. The molecular formula is C13H28N2O. The van der Waals surface area contributed by atoms with Gasteiger partial charge in [-0.3, -0.25) is 0 Å². The molecule has 3 nitrogen and oxygen atoms in total. The highest BCUT2D eigenvalue weighted by Gasteiger charge is 2.14. The highest BCUT2D eigenvalue weighted by atomic mass is 16.2. The van der Waals surface area contributed by atoms with Gasteiger partial charge in [0.15, 0.2) is 0 Å². The second kappa shape index (κ2) is 6.77. The maximum absolute atomic E-state index is 11.5. The van der Waals surface area contributed by atoms with E-state index in [2.05, 4.69) is 31.4 Å². The average molecular weight is 228 g/mol. The predicted molar refractivity (Wildman–Crippen MR) is 69.6 cm³/mol. The fourth-order valence-electron chi connectivity index (χ4n) is 1.50. The largest absolute Gasteiger partial charge is 0.336 e. The van der Waals surface area contributed by atoms with Crippen LogP contribution in [0.3, 0.4) is 0 Å². The standard InChI is InChI=1S/C13H28N2O/c1-10(2)8-7-9-11(3)14-12(16)15-13(4,5)6/h10-11H,7-9H2,1-6H3,(H2,14,15,16). The Morgan fingerprint density at radius 3 is 2.12 bits per heavy atom. The summed E-state index contributed by atoms with van der Waals surface area (Å²) in [4.78, 5) is 11.5. The zero-order valence-electron chi connectivity index (χ0n) is 11.7. The summed E-state index contributed by atoms with van der Waals surface area (Å²) in [5, 5.41) is 5.86. The third kappa shape index (κ3) is 9.81. The topological polar surface area (TPSA) is 41.1 Å². The fraction of sp³-hybridized carbons (Fsp3) is 0.923. The molecule has 0 aliphatic heterocycles. The summed E-state index contributed by atoms with van der Waals surface area (Å²) in [6.45, 7) is 12.5. The molecule has 2 N–H and O–H groups in total. The lowest BCUT2D eigenvalue weighted by Crippen LogP contribution is -2.48. The molecule has 1 unspecified atom stereocenters. The van der Waals surface area contributed by atoms with Gasteiger partial charge in [-0.05, 0) is 40.0 Å². The second-order valence-electron chi connectivity index (χ2n) is 6.07. The van der Waals surface area contributed by atoms with E-state index in [9.17, 15) is 4.79 Å². The van der Waals surface area contributed by atoms with Gasteiger partial charge in [0.05, 0.1) is 0 Å². The molecule has 16 heavy (non-hydrogen) atoms. The van der Waals surface area contributed by atoms with Crippen LogP contribution in [0.1, 0.15) is 60.8 Å². The van der Waals surface area contributed by atoms with E-state index in [1.165, 1.54) is 12.8 Å². The Kier molecular flexibility index (Phi) is 6.46. The highest BCUT2D eigenvalue weighted by Crippen LogP contribution is 2.08. The van der Waals surface area contributed by atoms with E-state index < -0.39 is 0 Å². The van der Waals surface area contributed by atoms with Gasteiger partial charge in [0.2, 0.25) is 0 Å². The summed E-state index contributed by atoms with van der Waals surface area (Å²) in [6.07, 6.45) is 3.46. The minimum atomic E-state index is -0.165. The molecule has 0 aliphatic carbocycles. The van der Waals surface area contributed by atoms with Crippen molar-refractivity contribution in [1.29, 1.82) is 0 Å². The lowest BCUT2D eigenvalue weighted by atomic mass is 10.0. The normalized spacial score (nSPS) is 13.7. The zero-order chi connectivity index (χ0) is 12.8. The van der Waals surface area contributed by atoms with Gasteiger partial charge >= 0.3 is 6.03 Å². The molecule has 0 saturated heterocycles. The number of nitrogens with one attached hydrogen (secondary N) is 2. The Balaban J connectivity index is 3.70. The maximum atomic E-state index is 11.5. The summed E-state index contributed by atoms with van der Waals surface area (Å²) in [6, 6.07) is 0.186. The second-order valence-corrected chi connectivity index (χ2v) is 6.07. The highest BCUT2D eigenvalue weighted by molar-refractivity contribution is 5.74. The van der Waals surface area contributed by atoms with Gasteiger partial charge in [0.1, 0.15) is 0 Å². The molecule has 0 saturated carbocycles. The van der Waals surface area contributed by atoms with Crippen LogP contribution in [0.2, 0.25) is 0 Å². The minimum Gasteiger partial charge on any atom is -0.336 e. The van der Waals surface area contributed by atoms with Crippen molar-refractivity contribution in [2.24, 2.45) is 5.92 Å². The SMILES string of the molecule is CC(C)CCCC(C)NC(=O)NC(C)(C)C. The van der Waals surface area contributed by atoms with Crippen LogP contribution >= 0.6 is 0 Å². The van der Waals surface area contributed by atoms with Crippen LogP contribution in [-0.2, 0) is 0 Å². The summed E-state index contributed by atoms with van der Waals surface area (Å²) in [5.74, 6) is 0.746. The number of carbonyl (C=O) groups is 1. The van der Waals surface area contributed by atoms with Crippen LogP contribution in [0.5, 0.6) is 0 Å². The Hall–Kier alpha value is -0.730. The Bertz CT molecular complexity index is 206. The van der Waals surface area contributed by atoms with Crippen molar-refractivity contribution in [3.8, 4) is 0 Å². The predicted octanol–water partition coefficient (Wildman–Crippen LogP) is 3.30. The maximum Gasteiger partial charge on any atom is 0.315 e. The molecule has 96 valence electrons. The van der Waals surface area contributed by atoms with E-state index in [1.807, 2.05) is 20.8 Å². The van der Waals surface area contributed by atoms with Crippen molar-refractivity contribution in [3.63, 3.8) is 0 Å². The monoisotopic (exact) mass is 228 g/mol. The summed E-state index contributed by atoms with van der Waals surface area (Å²) >= 11 is 0. The third-order valence-electron chi connectivity index (χ3n) is 2.28. The molecule has 0 aromatic carbocycles. The molecular weight excluding hydrogens is 200 g/mol. The molecule has 0 spiro atoms. The Labute approximate surface area is 100 Å². The number of urea groups is 1. The molecule has 0 fully saturated rings. The molecule has 1 atom stereocenters. The first-order valence-electron chi connectivity index (χ1n) is 6.29. The lowest BCUT2D eigenvalue weighted by Gasteiger charge is -2.23. The van der Waals surface area contributed by atoms with Gasteiger partial charge in [0.25, 0.3) is 0 Å². The third-order valence-corrected chi connectivity index (χ3v) is 2.28. The molecule has 0 radical (unpaired) electrons. The number of hydrogen-bond acceptors (Lipinski definition) is 1. The molecule has 0 aromatic rings. The molecule has 2 amide bonds. The van der Waals surface area contributed by atoms with Crippen LogP contribution in [0.25, 0.3) is 0 Å². The van der Waals surface area contributed by atoms with E-state index in [0.29, 0.717) is 0 Å². The lowest BCUT2D eigenvalue weighted by molar-refractivity contribution is 0.228. The van der Waals surface area contributed by atoms with Crippen LogP contribution in [-0.4, -0.2) is 17.6 Å². The van der Waals surface area contributed by atoms with Crippen molar-refractivity contribution in [1.82, 2.24) is 10.6 Å². The first-order valence-corrected chi connectivity index (χ1v) is 6.29. The Morgan fingerprint density at radius 1 is 1.12 bits per heavy atom. The van der Waals surface area contributed by atoms with Crippen LogP contribution in [0, 0.1) is 5.92 Å². The van der Waals surface area contributed by atoms with Gasteiger partial charge in [-0.25, -0.2) is 4.79 Å². The van der Waals surface area contributed by atoms with E-state index in [-0.39, 0.29) is 17.6 Å². The molecule has 0 aliphatic rings. The average Bonchev–Trinajstić information content (AvgIpc) is 1.98. The van der Waals surface area contributed by atoms with Crippen molar-refractivity contribution >= 4 is 6.03 Å². The molecule has 0 aromatic heterocycles. The number of hydrogen-bond donors (Lipinski definition) is 2. The molecule has 0 bridgehead atoms. The molecule has 0 heterocycles. The van der Waals surface area contributed by atoms with Crippen molar-refractivity contribution < 1.29 is 4.79 Å². The summed E-state index contributed by atoms with van der Waals surface area (Å²) in [5.41, 5.74) is -0.165. The van der Waals surface area contributed by atoms with E-state index in [4.69, 9.17) is 0 Å². The van der Waals surface area contributed by atoms with E-state index in [1.54, 1.807) is 0 Å². The van der Waals surface area contributed by atoms with E-state index in [0.717, 1.165) is 12.3 Å². The Morgan fingerprint density at radius 2 is 1.69 bits per heavy atom. The van der Waals surface area contributed by atoms with Crippen molar-refractivity contribution in [3.05, 3.63) is 0 Å². The number of carbonyl (C=O) groups excluding carboxylic acids is 1. The minimum absolute atomic E-state index is 0.0652.